The van der Waals surface area contributed by atoms with Gasteiger partial charge in [0.2, 0.25) is 5.91 Å². The number of hydrogen-bond donors (Lipinski definition) is 1. The topological polar surface area (TPSA) is 69.7 Å². The average Bonchev–Trinajstić information content (AvgIpc) is 2.75. The number of hydrazine groups is 1. The highest BCUT2D eigenvalue weighted by atomic mass is 32.2. The molecule has 0 unspecified atom stereocenters. The van der Waals surface area contributed by atoms with Crippen LogP contribution in [0.4, 0.5) is 5.69 Å². The van der Waals surface area contributed by atoms with Crippen molar-refractivity contribution in [2.75, 3.05) is 17.4 Å². The second-order valence-corrected chi connectivity index (χ2v) is 6.61. The molecule has 0 bridgehead atoms. The van der Waals surface area contributed by atoms with Crippen molar-refractivity contribution in [2.24, 2.45) is 0 Å². The number of carbonyl (C=O) groups is 1. The molecule has 20 heavy (non-hydrogen) atoms. The Bertz CT molecular complexity index is 624. The molecular weight excluding hydrogens is 278 g/mol. The van der Waals surface area contributed by atoms with E-state index in [1.807, 2.05) is 0 Å². The molecule has 0 saturated carbocycles. The van der Waals surface area contributed by atoms with Crippen molar-refractivity contribution in [3.8, 4) is 0 Å². The van der Waals surface area contributed by atoms with Crippen molar-refractivity contribution in [1.82, 2.24) is 9.84 Å². The Morgan fingerprint density at radius 1 is 1.05 bits per heavy atom. The molecule has 1 amide bonds. The Hall–Kier alpha value is -1.44. The number of anilines is 1. The third kappa shape index (κ3) is 2.44. The van der Waals surface area contributed by atoms with Gasteiger partial charge in [-0.1, -0.05) is 24.6 Å². The van der Waals surface area contributed by atoms with Crippen molar-refractivity contribution in [1.29, 1.82) is 0 Å². The van der Waals surface area contributed by atoms with Crippen LogP contribution in [0.25, 0.3) is 0 Å². The minimum absolute atomic E-state index is 0.136. The maximum atomic E-state index is 12.4. The lowest BCUT2D eigenvalue weighted by Crippen LogP contribution is -2.52. The standard InChI is InChI=1S/C13H17N3O3S/c17-13-10-11-6-2-3-7-12(11)16(13)20(18,19)14-15-8-4-1-5-9-15/h2-3,6-7,14H,1,4-5,8-10H2. The van der Waals surface area contributed by atoms with Crippen molar-refractivity contribution in [3.63, 3.8) is 0 Å². The Labute approximate surface area is 118 Å². The molecule has 108 valence electrons. The van der Waals surface area contributed by atoms with Crippen molar-refractivity contribution in [3.05, 3.63) is 29.8 Å². The molecule has 3 rings (SSSR count). The zero-order valence-corrected chi connectivity index (χ0v) is 11.9. The summed E-state index contributed by atoms with van der Waals surface area (Å²) >= 11 is 0. The summed E-state index contributed by atoms with van der Waals surface area (Å²) in [4.78, 5) is 14.5. The molecular formula is C13H17N3O3S. The normalized spacial score (nSPS) is 20.2. The van der Waals surface area contributed by atoms with Gasteiger partial charge < -0.3 is 0 Å². The van der Waals surface area contributed by atoms with E-state index in [0.29, 0.717) is 18.8 Å². The Kier molecular flexibility index (Phi) is 3.49. The van der Waals surface area contributed by atoms with Gasteiger partial charge >= 0.3 is 10.2 Å². The molecule has 0 aromatic heterocycles. The Morgan fingerprint density at radius 3 is 2.50 bits per heavy atom. The van der Waals surface area contributed by atoms with Gasteiger partial charge in [-0.3, -0.25) is 4.79 Å². The molecule has 0 atom stereocenters. The van der Waals surface area contributed by atoms with E-state index in [2.05, 4.69) is 4.83 Å². The van der Waals surface area contributed by atoms with Crippen LogP contribution in [0, 0.1) is 0 Å². The fourth-order valence-electron chi connectivity index (χ4n) is 2.68. The van der Waals surface area contributed by atoms with Gasteiger partial charge in [0.1, 0.15) is 0 Å². The lowest BCUT2D eigenvalue weighted by atomic mass is 10.2. The molecule has 2 heterocycles. The first kappa shape index (κ1) is 13.5. The third-order valence-corrected chi connectivity index (χ3v) is 4.99. The zero-order valence-electron chi connectivity index (χ0n) is 11.1. The van der Waals surface area contributed by atoms with Crippen LogP contribution in [-0.4, -0.2) is 32.4 Å². The molecule has 1 aromatic rings. The van der Waals surface area contributed by atoms with Crippen LogP contribution < -0.4 is 9.14 Å². The number of rotatable bonds is 3. The summed E-state index contributed by atoms with van der Waals surface area (Å²) in [5.74, 6) is -0.407. The Morgan fingerprint density at radius 2 is 1.75 bits per heavy atom. The van der Waals surface area contributed by atoms with Gasteiger partial charge in [-0.15, -0.1) is 4.83 Å². The maximum absolute atomic E-state index is 12.4. The van der Waals surface area contributed by atoms with Gasteiger partial charge in [0.15, 0.2) is 0 Å². The quantitative estimate of drug-likeness (QED) is 0.896. The van der Waals surface area contributed by atoms with Crippen LogP contribution in [0.15, 0.2) is 24.3 Å². The first-order valence-electron chi connectivity index (χ1n) is 6.76. The van der Waals surface area contributed by atoms with E-state index in [-0.39, 0.29) is 6.42 Å². The number of nitrogens with zero attached hydrogens (tertiary/aromatic N) is 2. The number of fused-ring (bicyclic) bond motifs is 1. The predicted molar refractivity (Wildman–Crippen MR) is 75.1 cm³/mol. The lowest BCUT2D eigenvalue weighted by molar-refractivity contribution is -0.116. The second kappa shape index (κ2) is 5.16. The molecule has 7 heteroatoms. The number of amides is 1. The van der Waals surface area contributed by atoms with Crippen LogP contribution in [0.3, 0.4) is 0 Å². The van der Waals surface area contributed by atoms with E-state index in [9.17, 15) is 13.2 Å². The summed E-state index contributed by atoms with van der Waals surface area (Å²) in [6, 6.07) is 6.99. The van der Waals surface area contributed by atoms with Gasteiger partial charge in [0.05, 0.1) is 12.1 Å². The number of hydrogen-bond acceptors (Lipinski definition) is 4. The SMILES string of the molecule is O=C1Cc2ccccc2N1S(=O)(=O)NN1CCCCC1. The van der Waals surface area contributed by atoms with E-state index < -0.39 is 16.1 Å². The second-order valence-electron chi connectivity index (χ2n) is 5.11. The predicted octanol–water partition coefficient (Wildman–Crippen LogP) is 0.811. The van der Waals surface area contributed by atoms with Crippen molar-refractivity contribution >= 4 is 21.8 Å². The molecule has 0 aliphatic carbocycles. The van der Waals surface area contributed by atoms with E-state index in [1.165, 1.54) is 0 Å². The van der Waals surface area contributed by atoms with Crippen LogP contribution >= 0.6 is 0 Å². The summed E-state index contributed by atoms with van der Waals surface area (Å²) in [6.07, 6.45) is 3.18. The van der Waals surface area contributed by atoms with Gasteiger partial charge in [-0.2, -0.15) is 12.7 Å². The van der Waals surface area contributed by atoms with Crippen LogP contribution in [0.2, 0.25) is 0 Å². The number of para-hydroxylation sites is 1. The lowest BCUT2D eigenvalue weighted by Gasteiger charge is -2.29. The molecule has 0 spiro atoms. The number of carbonyl (C=O) groups excluding carboxylic acids is 1. The highest BCUT2D eigenvalue weighted by Gasteiger charge is 2.37. The van der Waals surface area contributed by atoms with E-state index in [0.717, 1.165) is 29.1 Å². The molecule has 2 aliphatic rings. The third-order valence-electron chi connectivity index (χ3n) is 3.62. The minimum Gasteiger partial charge on any atom is -0.273 e. The fraction of sp³-hybridized carbons (Fsp3) is 0.462. The van der Waals surface area contributed by atoms with Crippen molar-refractivity contribution in [2.45, 2.75) is 25.7 Å². The van der Waals surface area contributed by atoms with Gasteiger partial charge in [-0.05, 0) is 24.5 Å². The van der Waals surface area contributed by atoms with Crippen LogP contribution in [0.5, 0.6) is 0 Å². The zero-order chi connectivity index (χ0) is 14.2. The number of nitrogens with one attached hydrogen (secondary N) is 1. The fourth-order valence-corrected chi connectivity index (χ4v) is 4.04. The molecule has 0 radical (unpaired) electrons. The average molecular weight is 295 g/mol. The summed E-state index contributed by atoms with van der Waals surface area (Å²) in [6.45, 7) is 1.37. The van der Waals surface area contributed by atoms with Crippen molar-refractivity contribution < 1.29 is 13.2 Å². The van der Waals surface area contributed by atoms with E-state index in [4.69, 9.17) is 0 Å². The number of piperidine rings is 1. The molecule has 6 nitrogen and oxygen atoms in total. The van der Waals surface area contributed by atoms with Gasteiger partial charge in [0.25, 0.3) is 0 Å². The molecule has 2 aliphatic heterocycles. The first-order valence-corrected chi connectivity index (χ1v) is 8.20. The van der Waals surface area contributed by atoms with Gasteiger partial charge in [0, 0.05) is 13.1 Å². The van der Waals surface area contributed by atoms with Crippen LogP contribution in [-0.2, 0) is 21.4 Å². The molecule has 1 N–H and O–H groups in total. The Balaban J connectivity index is 1.85. The smallest absolute Gasteiger partial charge is 0.273 e. The summed E-state index contributed by atoms with van der Waals surface area (Å²) in [5, 5.41) is 1.67. The minimum atomic E-state index is -3.86. The highest BCUT2D eigenvalue weighted by Crippen LogP contribution is 2.30. The van der Waals surface area contributed by atoms with E-state index >= 15 is 0 Å². The largest absolute Gasteiger partial charge is 0.321 e. The summed E-state index contributed by atoms with van der Waals surface area (Å²) in [5.41, 5.74) is 1.21. The molecule has 1 aromatic carbocycles. The summed E-state index contributed by atoms with van der Waals surface area (Å²) < 4.78 is 25.7. The molecule has 1 saturated heterocycles. The highest BCUT2D eigenvalue weighted by molar-refractivity contribution is 7.91. The van der Waals surface area contributed by atoms with Crippen LogP contribution in [0.1, 0.15) is 24.8 Å². The van der Waals surface area contributed by atoms with Gasteiger partial charge in [-0.25, -0.2) is 5.01 Å². The van der Waals surface area contributed by atoms with E-state index in [1.54, 1.807) is 29.3 Å². The monoisotopic (exact) mass is 295 g/mol. The number of benzene rings is 1. The first-order chi connectivity index (χ1) is 9.58. The summed E-state index contributed by atoms with van der Waals surface area (Å²) in [7, 11) is -3.86. The maximum Gasteiger partial charge on any atom is 0.321 e. The molecule has 1 fully saturated rings.